The lowest BCUT2D eigenvalue weighted by atomic mass is 10.1. The van der Waals surface area contributed by atoms with Gasteiger partial charge in [-0.25, -0.2) is 4.98 Å². The number of hydrogen-bond acceptors (Lipinski definition) is 2. The molecule has 4 rings (SSSR count). The molecular weight excluding hydrogens is 342 g/mol. The van der Waals surface area contributed by atoms with Crippen LogP contribution in [0.3, 0.4) is 0 Å². The SMILES string of the molecule is Cc1cc2nc(-c3ccc(N)cc3)n(Cc3ccccc3Cl)c2cc1C. The molecule has 0 amide bonds. The molecular formula is C22H20ClN3. The highest BCUT2D eigenvalue weighted by molar-refractivity contribution is 6.31. The third-order valence-corrected chi connectivity index (χ3v) is 5.19. The molecule has 0 aliphatic rings. The van der Waals surface area contributed by atoms with Gasteiger partial charge in [-0.1, -0.05) is 29.8 Å². The van der Waals surface area contributed by atoms with E-state index in [-0.39, 0.29) is 0 Å². The average molecular weight is 362 g/mol. The zero-order valence-corrected chi connectivity index (χ0v) is 15.6. The van der Waals surface area contributed by atoms with Crippen LogP contribution in [0.25, 0.3) is 22.4 Å². The van der Waals surface area contributed by atoms with Crippen LogP contribution in [0.2, 0.25) is 5.02 Å². The fourth-order valence-corrected chi connectivity index (χ4v) is 3.39. The van der Waals surface area contributed by atoms with E-state index < -0.39 is 0 Å². The van der Waals surface area contributed by atoms with E-state index in [2.05, 4.69) is 36.6 Å². The van der Waals surface area contributed by atoms with Crippen molar-refractivity contribution < 1.29 is 0 Å². The van der Waals surface area contributed by atoms with Gasteiger partial charge in [0, 0.05) is 16.3 Å². The van der Waals surface area contributed by atoms with Crippen molar-refractivity contribution in [2.24, 2.45) is 0 Å². The Labute approximate surface area is 158 Å². The van der Waals surface area contributed by atoms with Crippen molar-refractivity contribution in [1.29, 1.82) is 0 Å². The molecule has 0 spiro atoms. The molecule has 0 radical (unpaired) electrons. The first-order valence-electron chi connectivity index (χ1n) is 8.60. The van der Waals surface area contributed by atoms with E-state index in [1.54, 1.807) is 0 Å². The zero-order valence-electron chi connectivity index (χ0n) is 14.8. The number of anilines is 1. The number of nitrogens with zero attached hydrogens (tertiary/aromatic N) is 2. The maximum absolute atomic E-state index is 6.42. The smallest absolute Gasteiger partial charge is 0.141 e. The van der Waals surface area contributed by atoms with Crippen molar-refractivity contribution >= 4 is 28.3 Å². The Bertz CT molecular complexity index is 1090. The van der Waals surface area contributed by atoms with Gasteiger partial charge in [0.25, 0.3) is 0 Å². The minimum atomic E-state index is 0.665. The number of aromatic nitrogens is 2. The summed E-state index contributed by atoms with van der Waals surface area (Å²) < 4.78 is 2.23. The number of hydrogen-bond donors (Lipinski definition) is 1. The summed E-state index contributed by atoms with van der Waals surface area (Å²) in [6.07, 6.45) is 0. The van der Waals surface area contributed by atoms with Crippen molar-refractivity contribution in [1.82, 2.24) is 9.55 Å². The second-order valence-corrected chi connectivity index (χ2v) is 7.07. The first-order valence-corrected chi connectivity index (χ1v) is 8.97. The maximum atomic E-state index is 6.42. The van der Waals surface area contributed by atoms with E-state index in [9.17, 15) is 0 Å². The minimum absolute atomic E-state index is 0.665. The van der Waals surface area contributed by atoms with E-state index in [4.69, 9.17) is 22.3 Å². The second-order valence-electron chi connectivity index (χ2n) is 6.66. The molecule has 0 aliphatic carbocycles. The van der Waals surface area contributed by atoms with Crippen molar-refractivity contribution in [2.75, 3.05) is 5.73 Å². The Morgan fingerprint density at radius 1 is 0.962 bits per heavy atom. The normalized spacial score (nSPS) is 11.2. The summed E-state index contributed by atoms with van der Waals surface area (Å²) in [4.78, 5) is 4.92. The molecule has 1 heterocycles. The van der Waals surface area contributed by atoms with Gasteiger partial charge in [0.2, 0.25) is 0 Å². The molecule has 130 valence electrons. The van der Waals surface area contributed by atoms with Crippen molar-refractivity contribution in [3.05, 3.63) is 82.4 Å². The van der Waals surface area contributed by atoms with Crippen LogP contribution in [0.4, 0.5) is 5.69 Å². The van der Waals surface area contributed by atoms with Crippen molar-refractivity contribution in [3.8, 4) is 11.4 Å². The van der Waals surface area contributed by atoms with Crippen LogP contribution in [0.15, 0.2) is 60.7 Å². The van der Waals surface area contributed by atoms with E-state index in [1.807, 2.05) is 42.5 Å². The number of rotatable bonds is 3. The molecule has 4 aromatic rings. The first kappa shape index (κ1) is 16.7. The lowest BCUT2D eigenvalue weighted by Gasteiger charge is -2.12. The summed E-state index contributed by atoms with van der Waals surface area (Å²) in [6, 6.07) is 20.1. The third-order valence-electron chi connectivity index (χ3n) is 4.82. The molecule has 2 N–H and O–H groups in total. The topological polar surface area (TPSA) is 43.8 Å². The summed E-state index contributed by atoms with van der Waals surface area (Å²) in [7, 11) is 0. The molecule has 3 aromatic carbocycles. The fraction of sp³-hybridized carbons (Fsp3) is 0.136. The highest BCUT2D eigenvalue weighted by atomic mass is 35.5. The molecule has 0 aliphatic heterocycles. The van der Waals surface area contributed by atoms with Gasteiger partial charge < -0.3 is 10.3 Å². The van der Waals surface area contributed by atoms with Crippen LogP contribution in [-0.4, -0.2) is 9.55 Å². The number of benzene rings is 3. The summed E-state index contributed by atoms with van der Waals surface area (Å²) in [5.41, 5.74) is 13.3. The number of nitrogen functional groups attached to an aromatic ring is 1. The van der Waals surface area contributed by atoms with E-state index in [0.717, 1.165) is 38.7 Å². The number of imidazole rings is 1. The predicted molar refractivity (Wildman–Crippen MR) is 110 cm³/mol. The van der Waals surface area contributed by atoms with Gasteiger partial charge in [-0.3, -0.25) is 0 Å². The number of halogens is 1. The van der Waals surface area contributed by atoms with Crippen LogP contribution >= 0.6 is 11.6 Å². The Hall–Kier alpha value is -2.78. The predicted octanol–water partition coefficient (Wildman–Crippen LogP) is 5.60. The molecule has 0 bridgehead atoms. The third kappa shape index (κ3) is 2.95. The summed E-state index contributed by atoms with van der Waals surface area (Å²) in [5.74, 6) is 0.921. The van der Waals surface area contributed by atoms with Crippen LogP contribution in [0.1, 0.15) is 16.7 Å². The lowest BCUT2D eigenvalue weighted by Crippen LogP contribution is -2.03. The highest BCUT2D eigenvalue weighted by Crippen LogP contribution is 2.29. The van der Waals surface area contributed by atoms with Crippen molar-refractivity contribution in [2.45, 2.75) is 20.4 Å². The Kier molecular flexibility index (Phi) is 4.17. The van der Waals surface area contributed by atoms with Crippen molar-refractivity contribution in [3.63, 3.8) is 0 Å². The van der Waals surface area contributed by atoms with Crippen LogP contribution in [-0.2, 0) is 6.54 Å². The largest absolute Gasteiger partial charge is 0.399 e. The molecule has 0 saturated heterocycles. The average Bonchev–Trinajstić information content (AvgIpc) is 2.95. The van der Waals surface area contributed by atoms with Gasteiger partial charge in [0.1, 0.15) is 5.82 Å². The number of fused-ring (bicyclic) bond motifs is 1. The molecule has 0 fully saturated rings. The number of aryl methyl sites for hydroxylation is 2. The van der Waals surface area contributed by atoms with Gasteiger partial charge in [-0.2, -0.15) is 0 Å². The minimum Gasteiger partial charge on any atom is -0.399 e. The van der Waals surface area contributed by atoms with Gasteiger partial charge >= 0.3 is 0 Å². The Morgan fingerprint density at radius 3 is 2.38 bits per heavy atom. The summed E-state index contributed by atoms with van der Waals surface area (Å²) >= 11 is 6.42. The maximum Gasteiger partial charge on any atom is 0.141 e. The van der Waals surface area contributed by atoms with Crippen LogP contribution in [0.5, 0.6) is 0 Å². The van der Waals surface area contributed by atoms with E-state index >= 15 is 0 Å². The van der Waals surface area contributed by atoms with Gasteiger partial charge in [-0.15, -0.1) is 0 Å². The quantitative estimate of drug-likeness (QED) is 0.482. The molecule has 4 heteroatoms. The molecule has 1 aromatic heterocycles. The monoisotopic (exact) mass is 361 g/mol. The first-order chi connectivity index (χ1) is 12.5. The summed E-state index contributed by atoms with van der Waals surface area (Å²) in [6.45, 7) is 4.91. The highest BCUT2D eigenvalue weighted by Gasteiger charge is 2.15. The lowest BCUT2D eigenvalue weighted by molar-refractivity contribution is 0.834. The van der Waals surface area contributed by atoms with Crippen LogP contribution in [0, 0.1) is 13.8 Å². The zero-order chi connectivity index (χ0) is 18.3. The second kappa shape index (κ2) is 6.50. The Morgan fingerprint density at radius 2 is 1.65 bits per heavy atom. The number of nitrogens with two attached hydrogens (primary N) is 1. The van der Waals surface area contributed by atoms with Gasteiger partial charge in [-0.05, 0) is 73.0 Å². The van der Waals surface area contributed by atoms with Crippen LogP contribution < -0.4 is 5.73 Å². The van der Waals surface area contributed by atoms with Gasteiger partial charge in [0.15, 0.2) is 0 Å². The fourth-order valence-electron chi connectivity index (χ4n) is 3.19. The molecule has 26 heavy (non-hydrogen) atoms. The van der Waals surface area contributed by atoms with Gasteiger partial charge in [0.05, 0.1) is 17.6 Å². The molecule has 0 saturated carbocycles. The van der Waals surface area contributed by atoms with E-state index in [0.29, 0.717) is 6.54 Å². The molecule has 0 unspecified atom stereocenters. The molecule has 3 nitrogen and oxygen atoms in total. The summed E-state index contributed by atoms with van der Waals surface area (Å²) in [5, 5.41) is 0.765. The standard InChI is InChI=1S/C22H20ClN3/c1-14-11-20-21(12-15(14)2)26(13-17-5-3-4-6-19(17)23)22(25-20)16-7-9-18(24)10-8-16/h3-12H,13,24H2,1-2H3. The van der Waals surface area contributed by atoms with E-state index in [1.165, 1.54) is 11.1 Å². The molecule has 0 atom stereocenters. The Balaban J connectivity index is 1.95.